The molecule has 0 aliphatic carbocycles. The minimum atomic E-state index is -3.81. The molecule has 40 heavy (non-hydrogen) atoms. The molecule has 1 fully saturated rings. The highest BCUT2D eigenvalue weighted by Gasteiger charge is 2.29. The Hall–Kier alpha value is -4.14. The number of fused-ring (bicyclic) bond motifs is 1. The monoisotopic (exact) mass is 567 g/mol. The molecule has 0 spiro atoms. The lowest BCUT2D eigenvalue weighted by Gasteiger charge is -2.33. The number of nitro groups is 1. The normalized spacial score (nSPS) is 14.9. The first-order valence-corrected chi connectivity index (χ1v) is 14.4. The summed E-state index contributed by atoms with van der Waals surface area (Å²) >= 11 is 0. The third-order valence-electron chi connectivity index (χ3n) is 6.83. The van der Waals surface area contributed by atoms with Crippen LogP contribution in [0.4, 0.5) is 5.69 Å². The summed E-state index contributed by atoms with van der Waals surface area (Å²) < 4.78 is 36.0. The zero-order chi connectivity index (χ0) is 28.4. The van der Waals surface area contributed by atoms with Crippen molar-refractivity contribution in [1.29, 1.82) is 0 Å². The molecule has 0 radical (unpaired) electrons. The Morgan fingerprint density at radius 1 is 1.07 bits per heavy atom. The van der Waals surface area contributed by atoms with Crippen LogP contribution in [0, 0.1) is 10.1 Å². The van der Waals surface area contributed by atoms with E-state index in [9.17, 15) is 23.3 Å². The Morgan fingerprint density at radius 2 is 1.80 bits per heavy atom. The molecule has 2 aromatic heterocycles. The molecule has 3 heterocycles. The number of benzene rings is 2. The number of piperazine rings is 1. The minimum Gasteiger partial charge on any atom is -0.493 e. The van der Waals surface area contributed by atoms with Gasteiger partial charge in [0.2, 0.25) is 10.0 Å². The lowest BCUT2D eigenvalue weighted by atomic mass is 10.2. The van der Waals surface area contributed by atoms with Crippen LogP contribution in [0.2, 0.25) is 0 Å². The van der Waals surface area contributed by atoms with E-state index in [0.717, 1.165) is 13.0 Å². The maximum absolute atomic E-state index is 13.6. The fraction of sp³-hybridized carbons (Fsp3) is 0.346. The van der Waals surface area contributed by atoms with Gasteiger partial charge in [0, 0.05) is 44.0 Å². The van der Waals surface area contributed by atoms with Crippen molar-refractivity contribution in [2.75, 3.05) is 39.3 Å². The van der Waals surface area contributed by atoms with Crippen molar-refractivity contribution in [3.8, 4) is 22.8 Å². The maximum Gasteiger partial charge on any atom is 0.279 e. The second kappa shape index (κ2) is 11.2. The fourth-order valence-electron chi connectivity index (χ4n) is 4.59. The number of hydrogen-bond donors (Lipinski definition) is 1. The van der Waals surface area contributed by atoms with Gasteiger partial charge in [0.05, 0.1) is 22.0 Å². The van der Waals surface area contributed by atoms with Gasteiger partial charge in [0.1, 0.15) is 17.9 Å². The van der Waals surface area contributed by atoms with Crippen molar-refractivity contribution in [3.05, 3.63) is 69.3 Å². The van der Waals surface area contributed by atoms with Crippen molar-refractivity contribution < 1.29 is 18.1 Å². The maximum atomic E-state index is 13.6. The summed E-state index contributed by atoms with van der Waals surface area (Å²) in [5.41, 5.74) is 0.505. The molecule has 1 aliphatic rings. The highest BCUT2D eigenvalue weighted by Crippen LogP contribution is 2.32. The van der Waals surface area contributed by atoms with Crippen molar-refractivity contribution in [2.24, 2.45) is 0 Å². The van der Waals surface area contributed by atoms with Gasteiger partial charge in [-0.2, -0.15) is 4.31 Å². The zero-order valence-corrected chi connectivity index (χ0v) is 22.9. The van der Waals surface area contributed by atoms with Gasteiger partial charge in [-0.15, -0.1) is 0 Å². The van der Waals surface area contributed by atoms with Gasteiger partial charge in [-0.05, 0) is 43.3 Å². The zero-order valence-electron chi connectivity index (χ0n) is 22.1. The van der Waals surface area contributed by atoms with Gasteiger partial charge in [-0.3, -0.25) is 19.5 Å². The standard InChI is InChI=1S/C26H29N7O6S/c1-3-15-39-22-10-9-20(40(37,38)31-13-11-30(4-2)12-14-31)16-21(22)24-28-25-23(26(34)29-24)27-17-32(25)18-5-7-19(8-6-18)33(35)36/h5-10,16-17H,3-4,11-15H2,1-2H3,(H,28,29,34). The lowest BCUT2D eigenvalue weighted by molar-refractivity contribution is -0.384. The van der Waals surface area contributed by atoms with E-state index >= 15 is 0 Å². The third-order valence-corrected chi connectivity index (χ3v) is 8.72. The van der Waals surface area contributed by atoms with Crippen LogP contribution in [0.5, 0.6) is 5.75 Å². The number of imidazole rings is 1. The quantitative estimate of drug-likeness (QED) is 0.237. The Labute approximate surface area is 230 Å². The number of rotatable bonds is 9. The predicted molar refractivity (Wildman–Crippen MR) is 148 cm³/mol. The summed E-state index contributed by atoms with van der Waals surface area (Å²) in [5.74, 6) is 0.487. The van der Waals surface area contributed by atoms with Crippen LogP contribution in [0.15, 0.2) is 58.5 Å². The van der Waals surface area contributed by atoms with E-state index in [4.69, 9.17) is 4.74 Å². The lowest BCUT2D eigenvalue weighted by Crippen LogP contribution is -2.48. The molecule has 2 aromatic carbocycles. The second-order valence-corrected chi connectivity index (χ2v) is 11.3. The molecule has 0 atom stereocenters. The van der Waals surface area contributed by atoms with E-state index < -0.39 is 20.5 Å². The molecule has 13 nitrogen and oxygen atoms in total. The van der Waals surface area contributed by atoms with Gasteiger partial charge >= 0.3 is 0 Å². The fourth-order valence-corrected chi connectivity index (χ4v) is 6.04. The van der Waals surface area contributed by atoms with Crippen LogP contribution in [0.1, 0.15) is 20.3 Å². The Balaban J connectivity index is 1.60. The topological polar surface area (TPSA) is 157 Å². The molecule has 0 amide bonds. The van der Waals surface area contributed by atoms with Gasteiger partial charge in [0.15, 0.2) is 11.2 Å². The highest BCUT2D eigenvalue weighted by molar-refractivity contribution is 7.89. The van der Waals surface area contributed by atoms with Crippen LogP contribution in [0.3, 0.4) is 0 Å². The van der Waals surface area contributed by atoms with Gasteiger partial charge in [0.25, 0.3) is 11.2 Å². The smallest absolute Gasteiger partial charge is 0.279 e. The van der Waals surface area contributed by atoms with Crippen LogP contribution >= 0.6 is 0 Å². The first-order valence-electron chi connectivity index (χ1n) is 12.9. The van der Waals surface area contributed by atoms with Crippen LogP contribution < -0.4 is 10.3 Å². The van der Waals surface area contributed by atoms with E-state index in [2.05, 4.69) is 19.9 Å². The number of non-ortho nitro benzene ring substituents is 1. The van der Waals surface area contributed by atoms with Gasteiger partial charge < -0.3 is 14.6 Å². The summed E-state index contributed by atoms with van der Waals surface area (Å²) in [6.45, 7) is 7.30. The molecule has 1 N–H and O–H groups in total. The molecule has 0 saturated carbocycles. The van der Waals surface area contributed by atoms with Crippen molar-refractivity contribution in [2.45, 2.75) is 25.2 Å². The third kappa shape index (κ3) is 5.20. The number of likely N-dealkylation sites (N-methyl/N-ethyl adjacent to an activating group) is 1. The average molecular weight is 568 g/mol. The SMILES string of the molecule is CCCOc1ccc(S(=O)(=O)N2CCN(CC)CC2)cc1-c1nc2c(ncn2-c2ccc([N+](=O)[O-])cc2)c(=O)[nH]1. The number of nitro benzene ring substituents is 1. The van der Waals surface area contributed by atoms with E-state index in [1.807, 2.05) is 13.8 Å². The Morgan fingerprint density at radius 3 is 2.45 bits per heavy atom. The van der Waals surface area contributed by atoms with E-state index in [-0.39, 0.29) is 27.6 Å². The first kappa shape index (κ1) is 27.4. The van der Waals surface area contributed by atoms with Gasteiger partial charge in [-0.1, -0.05) is 13.8 Å². The Bertz CT molecular complexity index is 1710. The van der Waals surface area contributed by atoms with E-state index in [0.29, 0.717) is 49.8 Å². The Kier molecular flexibility index (Phi) is 7.65. The van der Waals surface area contributed by atoms with Crippen LogP contribution in [0.25, 0.3) is 28.2 Å². The summed E-state index contributed by atoms with van der Waals surface area (Å²) in [7, 11) is -3.81. The number of nitrogens with zero attached hydrogens (tertiary/aromatic N) is 6. The summed E-state index contributed by atoms with van der Waals surface area (Å²) in [6.07, 6.45) is 2.13. The molecule has 0 unspecified atom stereocenters. The van der Waals surface area contributed by atoms with Crippen molar-refractivity contribution >= 4 is 26.9 Å². The molecular formula is C26H29N7O6S. The summed E-state index contributed by atoms with van der Waals surface area (Å²) in [4.78, 5) is 37.4. The molecule has 14 heteroatoms. The van der Waals surface area contributed by atoms with Crippen LogP contribution in [-0.2, 0) is 10.0 Å². The number of aromatic nitrogens is 4. The largest absolute Gasteiger partial charge is 0.493 e. The molecular weight excluding hydrogens is 538 g/mol. The van der Waals surface area contributed by atoms with E-state index in [1.54, 1.807) is 6.07 Å². The number of hydrogen-bond acceptors (Lipinski definition) is 9. The van der Waals surface area contributed by atoms with Crippen molar-refractivity contribution in [3.63, 3.8) is 0 Å². The first-order chi connectivity index (χ1) is 19.2. The molecule has 210 valence electrons. The van der Waals surface area contributed by atoms with Crippen molar-refractivity contribution in [1.82, 2.24) is 28.7 Å². The number of ether oxygens (including phenoxy) is 1. The molecule has 5 rings (SSSR count). The highest BCUT2D eigenvalue weighted by atomic mass is 32.2. The van der Waals surface area contributed by atoms with Gasteiger partial charge in [-0.25, -0.2) is 18.4 Å². The molecule has 1 aliphatic heterocycles. The molecule has 1 saturated heterocycles. The van der Waals surface area contributed by atoms with Crippen LogP contribution in [-0.4, -0.2) is 81.4 Å². The molecule has 4 aromatic rings. The second-order valence-electron chi connectivity index (χ2n) is 9.32. The predicted octanol–water partition coefficient (Wildman–Crippen LogP) is 2.80. The van der Waals surface area contributed by atoms with E-state index in [1.165, 1.54) is 51.6 Å². The summed E-state index contributed by atoms with van der Waals surface area (Å²) in [5, 5.41) is 11.1. The number of aromatic amines is 1. The number of sulfonamides is 1. The average Bonchev–Trinajstić information content (AvgIpc) is 3.40. The minimum absolute atomic E-state index is 0.0655. The number of H-pyrrole nitrogens is 1. The number of nitrogens with one attached hydrogen (secondary N) is 1. The summed E-state index contributed by atoms with van der Waals surface area (Å²) in [6, 6.07) is 10.3. The molecule has 0 bridgehead atoms.